The molecule has 0 radical (unpaired) electrons. The van der Waals surface area contributed by atoms with E-state index in [1.165, 1.54) is 0 Å². The number of benzene rings is 1. The number of carboxylic acid groups (broad SMARTS) is 1. The fraction of sp³-hybridized carbons (Fsp3) is 0.548. The van der Waals surface area contributed by atoms with Crippen molar-refractivity contribution in [1.82, 2.24) is 9.88 Å². The number of ketones is 1. The van der Waals surface area contributed by atoms with E-state index in [0.717, 1.165) is 48.3 Å². The predicted molar refractivity (Wildman–Crippen MR) is 163 cm³/mol. The Morgan fingerprint density at radius 1 is 1.17 bits per heavy atom. The van der Waals surface area contributed by atoms with Crippen LogP contribution in [0.25, 0.3) is 0 Å². The van der Waals surface area contributed by atoms with Crippen LogP contribution in [0.2, 0.25) is 0 Å². The third kappa shape index (κ3) is 6.92. The molecule has 2 aliphatic heterocycles. The highest BCUT2D eigenvalue weighted by Crippen LogP contribution is 2.42. The maximum atomic E-state index is 13.8. The molecule has 1 aliphatic carbocycles. The van der Waals surface area contributed by atoms with Gasteiger partial charge in [-0.1, -0.05) is 26.8 Å². The van der Waals surface area contributed by atoms with Crippen molar-refractivity contribution in [3.8, 4) is 5.75 Å². The molecule has 41 heavy (non-hydrogen) atoms. The number of rotatable bonds is 11. The molecule has 0 spiro atoms. The van der Waals surface area contributed by atoms with Gasteiger partial charge in [0.25, 0.3) is 0 Å². The number of carboxylic acids is 1. The molecule has 1 saturated heterocycles. The molecule has 1 aromatic carbocycles. The Bertz CT molecular complexity index is 1320. The Hall–Kier alpha value is -2.98. The van der Waals surface area contributed by atoms with Gasteiger partial charge in [0, 0.05) is 61.5 Å². The topological polar surface area (TPSA) is 116 Å². The molecule has 10 heteroatoms. The summed E-state index contributed by atoms with van der Waals surface area (Å²) in [4.78, 5) is 33.6. The SMILES string of the molecule is Br.COC1CCN(c2cc(C(=O)CN3Cc4ccc(C5CC5)nc4C3=N)cc(C(C)(C)C)c2OCCCC(=O)O)C1. The van der Waals surface area contributed by atoms with Gasteiger partial charge < -0.3 is 24.4 Å². The zero-order chi connectivity index (χ0) is 28.6. The van der Waals surface area contributed by atoms with Crippen molar-refractivity contribution in [3.05, 3.63) is 52.3 Å². The number of carbonyl (C=O) groups is 2. The molecule has 0 amide bonds. The molecule has 2 aromatic rings. The van der Waals surface area contributed by atoms with Gasteiger partial charge in [-0.3, -0.25) is 15.0 Å². The number of aliphatic carboxylic acids is 1. The summed E-state index contributed by atoms with van der Waals surface area (Å²) in [7, 11) is 1.71. The van der Waals surface area contributed by atoms with Gasteiger partial charge in [0.2, 0.25) is 0 Å². The second-order valence-corrected chi connectivity index (χ2v) is 12.2. The molecule has 2 N–H and O–H groups in total. The van der Waals surface area contributed by atoms with E-state index in [1.54, 1.807) is 12.0 Å². The zero-order valence-electron chi connectivity index (χ0n) is 24.4. The number of pyridine rings is 1. The van der Waals surface area contributed by atoms with E-state index in [4.69, 9.17) is 25.0 Å². The average Bonchev–Trinajstić information content (AvgIpc) is 3.57. The second kappa shape index (κ2) is 12.5. The Morgan fingerprint density at radius 3 is 2.56 bits per heavy atom. The van der Waals surface area contributed by atoms with Crippen molar-refractivity contribution in [2.24, 2.45) is 0 Å². The zero-order valence-corrected chi connectivity index (χ0v) is 26.1. The number of hydrogen-bond acceptors (Lipinski definition) is 7. The van der Waals surface area contributed by atoms with Crippen LogP contribution < -0.4 is 9.64 Å². The molecule has 3 aliphatic rings. The number of halogens is 1. The number of nitrogens with zero attached hydrogens (tertiary/aromatic N) is 3. The average molecular weight is 630 g/mol. The minimum Gasteiger partial charge on any atom is -0.491 e. The maximum absolute atomic E-state index is 13.8. The number of nitrogens with one attached hydrogen (secondary N) is 1. The number of methoxy groups -OCH3 is 1. The highest BCUT2D eigenvalue weighted by atomic mass is 79.9. The molecule has 0 bridgehead atoms. The summed E-state index contributed by atoms with van der Waals surface area (Å²) in [5.74, 6) is 0.604. The van der Waals surface area contributed by atoms with Gasteiger partial charge in [-0.25, -0.2) is 4.98 Å². The Labute approximate surface area is 252 Å². The van der Waals surface area contributed by atoms with Gasteiger partial charge in [0.05, 0.1) is 24.9 Å². The molecular formula is C31H41BrN4O5. The minimum atomic E-state index is -0.850. The Morgan fingerprint density at radius 2 is 1.93 bits per heavy atom. The first-order chi connectivity index (χ1) is 19.0. The first-order valence-electron chi connectivity index (χ1n) is 14.2. The lowest BCUT2D eigenvalue weighted by atomic mass is 9.84. The standard InChI is InChI=1S/C31H40N4O5.BrH/c1-31(2,3)23-14-21(15-25(34-12-11-22(17-34)39-4)29(23)40-13-5-6-27(37)38)26(36)18-35-16-20-9-10-24(19-7-8-19)33-28(20)30(35)32;/h9-10,14-15,19,22,32H,5-8,11-13,16-18H2,1-4H3,(H,37,38);1H. The lowest BCUT2D eigenvalue weighted by molar-refractivity contribution is -0.137. The number of ether oxygens (including phenoxy) is 2. The number of aromatic nitrogens is 1. The molecule has 1 atom stereocenters. The lowest BCUT2D eigenvalue weighted by Gasteiger charge is -2.30. The summed E-state index contributed by atoms with van der Waals surface area (Å²) < 4.78 is 11.9. The van der Waals surface area contributed by atoms with Gasteiger partial charge in [0.1, 0.15) is 17.3 Å². The van der Waals surface area contributed by atoms with Crippen LogP contribution in [0.4, 0.5) is 5.69 Å². The number of carbonyl (C=O) groups excluding carboxylic acids is 1. The molecule has 3 heterocycles. The van der Waals surface area contributed by atoms with E-state index < -0.39 is 5.97 Å². The Kier molecular flexibility index (Phi) is 9.43. The molecule has 9 nitrogen and oxygen atoms in total. The summed E-state index contributed by atoms with van der Waals surface area (Å²) in [5, 5.41) is 17.8. The molecule has 1 unspecified atom stereocenters. The predicted octanol–water partition coefficient (Wildman–Crippen LogP) is 5.33. The number of hydrogen-bond donors (Lipinski definition) is 2. The highest BCUT2D eigenvalue weighted by Gasteiger charge is 2.33. The largest absolute Gasteiger partial charge is 0.491 e. The summed E-state index contributed by atoms with van der Waals surface area (Å²) in [5.41, 5.74) is 4.73. The van der Waals surface area contributed by atoms with E-state index in [0.29, 0.717) is 48.3 Å². The van der Waals surface area contributed by atoms with Crippen LogP contribution in [0.3, 0.4) is 0 Å². The number of fused-ring (bicyclic) bond motifs is 1. The summed E-state index contributed by atoms with van der Waals surface area (Å²) in [6.45, 7) is 8.58. The molecular weight excluding hydrogens is 588 g/mol. The molecule has 2 fully saturated rings. The van der Waals surface area contributed by atoms with E-state index in [2.05, 4.69) is 37.8 Å². The van der Waals surface area contributed by atoms with Crippen LogP contribution in [0.1, 0.15) is 91.7 Å². The molecule has 222 valence electrons. The first-order valence-corrected chi connectivity index (χ1v) is 14.2. The lowest BCUT2D eigenvalue weighted by Crippen LogP contribution is -2.31. The van der Waals surface area contributed by atoms with Crippen LogP contribution >= 0.6 is 17.0 Å². The van der Waals surface area contributed by atoms with Crippen molar-refractivity contribution in [2.45, 2.75) is 76.9 Å². The van der Waals surface area contributed by atoms with Gasteiger partial charge >= 0.3 is 5.97 Å². The van der Waals surface area contributed by atoms with E-state index in [-0.39, 0.29) is 53.9 Å². The highest BCUT2D eigenvalue weighted by molar-refractivity contribution is 8.93. The normalized spacial score (nSPS) is 18.3. The smallest absolute Gasteiger partial charge is 0.303 e. The van der Waals surface area contributed by atoms with Crippen LogP contribution in [0, 0.1) is 5.41 Å². The fourth-order valence-electron chi connectivity index (χ4n) is 5.53. The number of anilines is 1. The van der Waals surface area contributed by atoms with Crippen LogP contribution in [0.5, 0.6) is 5.75 Å². The molecule has 1 saturated carbocycles. The summed E-state index contributed by atoms with van der Waals surface area (Å²) in [6.07, 6.45) is 3.70. The molecule has 5 rings (SSSR count). The van der Waals surface area contributed by atoms with Gasteiger partial charge in [0.15, 0.2) is 5.78 Å². The van der Waals surface area contributed by atoms with Crippen molar-refractivity contribution in [3.63, 3.8) is 0 Å². The third-order valence-electron chi connectivity index (χ3n) is 8.03. The number of Topliss-reactive ketones (excluding diaryl/α,β-unsaturated/α-hetero) is 1. The second-order valence-electron chi connectivity index (χ2n) is 12.2. The van der Waals surface area contributed by atoms with Crippen LogP contribution in [-0.4, -0.2) is 72.0 Å². The van der Waals surface area contributed by atoms with Crippen LogP contribution in [0.15, 0.2) is 24.3 Å². The van der Waals surface area contributed by atoms with Gasteiger partial charge in [-0.05, 0) is 49.3 Å². The summed E-state index contributed by atoms with van der Waals surface area (Å²) >= 11 is 0. The van der Waals surface area contributed by atoms with Crippen molar-refractivity contribution in [2.75, 3.05) is 38.3 Å². The third-order valence-corrected chi connectivity index (χ3v) is 8.03. The monoisotopic (exact) mass is 628 g/mol. The minimum absolute atomic E-state index is 0. The summed E-state index contributed by atoms with van der Waals surface area (Å²) in [6, 6.07) is 7.94. The number of amidine groups is 1. The van der Waals surface area contributed by atoms with Crippen molar-refractivity contribution >= 4 is 40.3 Å². The van der Waals surface area contributed by atoms with E-state index >= 15 is 0 Å². The van der Waals surface area contributed by atoms with Crippen molar-refractivity contribution < 1.29 is 24.2 Å². The van der Waals surface area contributed by atoms with Crippen molar-refractivity contribution in [1.29, 1.82) is 5.41 Å². The maximum Gasteiger partial charge on any atom is 0.303 e. The van der Waals surface area contributed by atoms with Gasteiger partial charge in [-0.15, -0.1) is 17.0 Å². The Balaban J connectivity index is 0.00000387. The van der Waals surface area contributed by atoms with E-state index in [9.17, 15) is 9.59 Å². The van der Waals surface area contributed by atoms with Gasteiger partial charge in [-0.2, -0.15) is 0 Å². The fourth-order valence-corrected chi connectivity index (χ4v) is 5.53. The van der Waals surface area contributed by atoms with Crippen LogP contribution in [-0.2, 0) is 21.5 Å². The van der Waals surface area contributed by atoms with E-state index in [1.807, 2.05) is 12.1 Å². The first kappa shape index (κ1) is 31.0. The molecule has 1 aromatic heterocycles. The quantitative estimate of drug-likeness (QED) is 0.253.